The molecule has 0 bridgehead atoms. The lowest BCUT2D eigenvalue weighted by Crippen LogP contribution is -2.48. The third-order valence-corrected chi connectivity index (χ3v) is 7.03. The Bertz CT molecular complexity index is 786. The molecule has 1 amide bonds. The number of carbonyl (C=O) groups is 1. The smallest absolute Gasteiger partial charge is 0.269 e. The molecular weight excluding hydrogens is 400 g/mol. The van der Waals surface area contributed by atoms with Crippen molar-refractivity contribution in [3.63, 3.8) is 0 Å². The van der Waals surface area contributed by atoms with E-state index < -0.39 is 15.9 Å². The van der Waals surface area contributed by atoms with Crippen LogP contribution in [0.5, 0.6) is 0 Å². The lowest BCUT2D eigenvalue weighted by Gasteiger charge is -2.25. The Labute approximate surface area is 171 Å². The van der Waals surface area contributed by atoms with Crippen LogP contribution in [0.2, 0.25) is 0 Å². The predicted octanol–water partition coefficient (Wildman–Crippen LogP) is 1.15. The first-order valence-electron chi connectivity index (χ1n) is 9.53. The number of piperidine rings is 1. The summed E-state index contributed by atoms with van der Waals surface area (Å²) < 4.78 is 32.3. The second-order valence-corrected chi connectivity index (χ2v) is 9.26. The predicted molar refractivity (Wildman–Crippen MR) is 109 cm³/mol. The van der Waals surface area contributed by atoms with Crippen molar-refractivity contribution < 1.29 is 17.9 Å². The number of nitrogens with zero attached hydrogens (tertiary/aromatic N) is 1. The number of sulfonamides is 1. The molecule has 28 heavy (non-hydrogen) atoms. The van der Waals surface area contributed by atoms with E-state index >= 15 is 0 Å². The molecule has 1 atom stereocenters. The second kappa shape index (κ2) is 9.64. The van der Waals surface area contributed by atoms with Gasteiger partial charge in [-0.3, -0.25) is 15.6 Å². The van der Waals surface area contributed by atoms with E-state index in [0.29, 0.717) is 30.3 Å². The average molecular weight is 427 g/mol. The molecule has 0 aromatic heterocycles. The second-order valence-electron chi connectivity index (χ2n) is 6.91. The highest BCUT2D eigenvalue weighted by atomic mass is 32.2. The Morgan fingerprint density at radius 3 is 2.46 bits per heavy atom. The minimum Gasteiger partial charge on any atom is -0.376 e. The Morgan fingerprint density at radius 2 is 1.82 bits per heavy atom. The molecular formula is C18H26N4O4S2. The number of hydrazine groups is 1. The van der Waals surface area contributed by atoms with Gasteiger partial charge >= 0.3 is 0 Å². The zero-order chi connectivity index (χ0) is 20.0. The SMILES string of the molecule is O=C(NNC(=S)NC[C@@H]1CCCO1)c1ccc(S(=O)(=O)N2CCCCC2)cc1. The lowest BCUT2D eigenvalue weighted by atomic mass is 10.2. The van der Waals surface area contributed by atoms with Crippen LogP contribution >= 0.6 is 12.2 Å². The zero-order valence-corrected chi connectivity index (χ0v) is 17.3. The summed E-state index contributed by atoms with van der Waals surface area (Å²) in [6.45, 7) is 2.45. The van der Waals surface area contributed by atoms with Gasteiger partial charge in [0.1, 0.15) is 0 Å². The molecule has 0 aliphatic carbocycles. The lowest BCUT2D eigenvalue weighted by molar-refractivity contribution is 0.0943. The van der Waals surface area contributed by atoms with E-state index in [1.54, 1.807) is 0 Å². The van der Waals surface area contributed by atoms with Gasteiger partial charge in [0.05, 0.1) is 11.0 Å². The first kappa shape index (κ1) is 21.0. The first-order chi connectivity index (χ1) is 13.5. The fourth-order valence-corrected chi connectivity index (χ4v) is 4.93. The van der Waals surface area contributed by atoms with E-state index in [0.717, 1.165) is 38.7 Å². The van der Waals surface area contributed by atoms with Crippen molar-refractivity contribution in [1.82, 2.24) is 20.5 Å². The first-order valence-corrected chi connectivity index (χ1v) is 11.4. The molecule has 1 aromatic carbocycles. The van der Waals surface area contributed by atoms with Crippen LogP contribution in [0.4, 0.5) is 0 Å². The van der Waals surface area contributed by atoms with Gasteiger partial charge in [0.2, 0.25) is 10.0 Å². The number of amides is 1. The van der Waals surface area contributed by atoms with Crippen LogP contribution < -0.4 is 16.2 Å². The van der Waals surface area contributed by atoms with E-state index in [1.807, 2.05) is 0 Å². The molecule has 1 aromatic rings. The summed E-state index contributed by atoms with van der Waals surface area (Å²) in [5.74, 6) is -0.400. The third-order valence-electron chi connectivity index (χ3n) is 4.87. The van der Waals surface area contributed by atoms with Gasteiger partial charge in [-0.15, -0.1) is 0 Å². The Hall–Kier alpha value is -1.75. The largest absolute Gasteiger partial charge is 0.376 e. The van der Waals surface area contributed by atoms with Gasteiger partial charge in [0.15, 0.2) is 5.11 Å². The molecule has 2 heterocycles. The van der Waals surface area contributed by atoms with Crippen LogP contribution in [0, 0.1) is 0 Å². The van der Waals surface area contributed by atoms with Gasteiger partial charge in [-0.1, -0.05) is 6.42 Å². The van der Waals surface area contributed by atoms with Crippen molar-refractivity contribution in [2.45, 2.75) is 43.1 Å². The maximum atomic E-state index is 12.6. The van der Waals surface area contributed by atoms with Crippen LogP contribution in [0.15, 0.2) is 29.2 Å². The van der Waals surface area contributed by atoms with Gasteiger partial charge < -0.3 is 10.1 Å². The van der Waals surface area contributed by atoms with Crippen molar-refractivity contribution in [2.75, 3.05) is 26.2 Å². The molecule has 0 spiro atoms. The average Bonchev–Trinajstić information content (AvgIpc) is 3.25. The minimum atomic E-state index is -3.50. The molecule has 0 saturated carbocycles. The molecule has 3 N–H and O–H groups in total. The summed E-state index contributed by atoms with van der Waals surface area (Å²) in [5, 5.41) is 3.29. The van der Waals surface area contributed by atoms with Gasteiger partial charge in [-0.2, -0.15) is 4.31 Å². The fraction of sp³-hybridized carbons (Fsp3) is 0.556. The van der Waals surface area contributed by atoms with E-state index in [-0.39, 0.29) is 11.0 Å². The highest BCUT2D eigenvalue weighted by Crippen LogP contribution is 2.20. The number of ether oxygens (including phenoxy) is 1. The van der Waals surface area contributed by atoms with Crippen LogP contribution in [0.25, 0.3) is 0 Å². The van der Waals surface area contributed by atoms with Gasteiger partial charge in [-0.25, -0.2) is 8.42 Å². The summed E-state index contributed by atoms with van der Waals surface area (Å²) in [4.78, 5) is 12.4. The quantitative estimate of drug-likeness (QED) is 0.480. The highest BCUT2D eigenvalue weighted by Gasteiger charge is 2.26. The summed E-state index contributed by atoms with van der Waals surface area (Å²) in [6, 6.07) is 5.92. The van der Waals surface area contributed by atoms with Gasteiger partial charge in [0, 0.05) is 31.8 Å². The third kappa shape index (κ3) is 5.40. The summed E-state index contributed by atoms with van der Waals surface area (Å²) >= 11 is 5.12. The molecule has 2 aliphatic rings. The molecule has 3 rings (SSSR count). The molecule has 154 valence electrons. The van der Waals surface area contributed by atoms with Crippen LogP contribution in [0.3, 0.4) is 0 Å². The Kier molecular flexibility index (Phi) is 7.22. The van der Waals surface area contributed by atoms with Crippen LogP contribution in [-0.2, 0) is 14.8 Å². The minimum absolute atomic E-state index is 0.143. The number of thiocarbonyl (C=S) groups is 1. The summed E-state index contributed by atoms with van der Waals surface area (Å²) in [6.07, 6.45) is 5.01. The molecule has 2 saturated heterocycles. The van der Waals surface area contributed by atoms with Crippen molar-refractivity contribution in [1.29, 1.82) is 0 Å². The Balaban J connectivity index is 1.49. The summed E-state index contributed by atoms with van der Waals surface area (Å²) in [5.41, 5.74) is 5.48. The standard InChI is InChI=1S/C18H26N4O4S2/c23-17(20-21-18(27)19-13-15-5-4-12-26-15)14-6-8-16(9-7-14)28(24,25)22-10-2-1-3-11-22/h6-9,15H,1-5,10-13H2,(H,20,23)(H2,19,21,27)/t15-/m0/s1. The number of rotatable bonds is 5. The number of carbonyl (C=O) groups excluding carboxylic acids is 1. The molecule has 2 aliphatic heterocycles. The van der Waals surface area contributed by atoms with E-state index in [2.05, 4.69) is 16.2 Å². The molecule has 10 heteroatoms. The maximum Gasteiger partial charge on any atom is 0.269 e. The fourth-order valence-electron chi connectivity index (χ4n) is 3.27. The van der Waals surface area contributed by atoms with E-state index in [1.165, 1.54) is 28.6 Å². The number of hydrogen-bond acceptors (Lipinski definition) is 5. The van der Waals surface area contributed by atoms with Crippen LogP contribution in [0.1, 0.15) is 42.5 Å². The monoisotopic (exact) mass is 426 g/mol. The maximum absolute atomic E-state index is 12.6. The van der Waals surface area contributed by atoms with E-state index in [4.69, 9.17) is 17.0 Å². The van der Waals surface area contributed by atoms with Gasteiger partial charge in [0.25, 0.3) is 5.91 Å². The van der Waals surface area contributed by atoms with Crippen molar-refractivity contribution in [2.24, 2.45) is 0 Å². The number of benzene rings is 1. The highest BCUT2D eigenvalue weighted by molar-refractivity contribution is 7.89. The molecule has 8 nitrogen and oxygen atoms in total. The number of nitrogens with one attached hydrogen (secondary N) is 3. The Morgan fingerprint density at radius 1 is 1.11 bits per heavy atom. The summed E-state index contributed by atoms with van der Waals surface area (Å²) in [7, 11) is -3.50. The number of hydrogen-bond donors (Lipinski definition) is 3. The van der Waals surface area contributed by atoms with Crippen molar-refractivity contribution in [3.05, 3.63) is 29.8 Å². The van der Waals surface area contributed by atoms with Crippen molar-refractivity contribution >= 4 is 33.3 Å². The normalized spacial score (nSPS) is 20.5. The van der Waals surface area contributed by atoms with E-state index in [9.17, 15) is 13.2 Å². The van der Waals surface area contributed by atoms with Gasteiger partial charge in [-0.05, 0) is 62.2 Å². The molecule has 2 fully saturated rings. The molecule has 0 unspecified atom stereocenters. The molecule has 0 radical (unpaired) electrons. The topological polar surface area (TPSA) is 99.8 Å². The zero-order valence-electron chi connectivity index (χ0n) is 15.6. The van der Waals surface area contributed by atoms with Crippen molar-refractivity contribution in [3.8, 4) is 0 Å². The van der Waals surface area contributed by atoms with Crippen LogP contribution in [-0.4, -0.2) is 56.1 Å².